The molecule has 3 rings (SSSR count). The fourth-order valence-electron chi connectivity index (χ4n) is 3.81. The van der Waals surface area contributed by atoms with E-state index < -0.39 is 10.0 Å². The topological polar surface area (TPSA) is 83.1 Å². The molecule has 8 nitrogen and oxygen atoms in total. The number of rotatable bonds is 12. The van der Waals surface area contributed by atoms with Crippen LogP contribution >= 0.6 is 23.7 Å². The molecule has 0 aliphatic rings. The maximum absolute atomic E-state index is 13.7. The van der Waals surface area contributed by atoms with Gasteiger partial charge < -0.3 is 9.64 Å². The molecule has 0 fully saturated rings. The molecule has 0 aliphatic heterocycles. The van der Waals surface area contributed by atoms with Crippen LogP contribution in [0.1, 0.15) is 42.1 Å². The van der Waals surface area contributed by atoms with Gasteiger partial charge in [0.2, 0.25) is 10.0 Å². The highest BCUT2D eigenvalue weighted by molar-refractivity contribution is 7.89. The molecular formula is C26H37ClN4O4S2. The summed E-state index contributed by atoms with van der Waals surface area (Å²) in [6.45, 7) is 5.79. The molecule has 0 bridgehead atoms. The Morgan fingerprint density at radius 3 is 2.27 bits per heavy atom. The van der Waals surface area contributed by atoms with Crippen molar-refractivity contribution in [2.24, 2.45) is 0 Å². The van der Waals surface area contributed by atoms with Gasteiger partial charge in [0.15, 0.2) is 5.13 Å². The number of methoxy groups -OCH3 is 1. The van der Waals surface area contributed by atoms with Gasteiger partial charge in [0, 0.05) is 25.7 Å². The van der Waals surface area contributed by atoms with Gasteiger partial charge in [-0.25, -0.2) is 17.7 Å². The number of ether oxygens (including phenoxy) is 1. The van der Waals surface area contributed by atoms with Crippen LogP contribution in [-0.4, -0.2) is 76.4 Å². The van der Waals surface area contributed by atoms with Crippen LogP contribution in [-0.2, 0) is 10.0 Å². The zero-order chi connectivity index (χ0) is 26.5. The van der Waals surface area contributed by atoms with Gasteiger partial charge in [0.1, 0.15) is 11.3 Å². The van der Waals surface area contributed by atoms with Gasteiger partial charge in [-0.15, -0.1) is 12.4 Å². The molecule has 0 unspecified atom stereocenters. The first-order valence-electron chi connectivity index (χ1n) is 12.1. The molecule has 3 aromatic rings. The number of unbranched alkanes of at least 4 members (excludes halogenated alkanes) is 1. The lowest BCUT2D eigenvalue weighted by Crippen LogP contribution is -2.33. The van der Waals surface area contributed by atoms with Crippen molar-refractivity contribution in [1.82, 2.24) is 14.2 Å². The number of amides is 1. The zero-order valence-electron chi connectivity index (χ0n) is 22.4. The lowest BCUT2D eigenvalue weighted by molar-refractivity contribution is 0.0986. The predicted molar refractivity (Wildman–Crippen MR) is 154 cm³/mol. The van der Waals surface area contributed by atoms with Crippen LogP contribution in [0.15, 0.2) is 41.3 Å². The summed E-state index contributed by atoms with van der Waals surface area (Å²) in [4.78, 5) is 22.4. The Balaban J connectivity index is 0.00000481. The summed E-state index contributed by atoms with van der Waals surface area (Å²) >= 11 is 1.46. The van der Waals surface area contributed by atoms with Crippen molar-refractivity contribution in [2.45, 2.75) is 38.0 Å². The summed E-state index contributed by atoms with van der Waals surface area (Å²) in [6.07, 6.45) is 2.47. The number of aromatic nitrogens is 1. The van der Waals surface area contributed by atoms with Crippen molar-refractivity contribution in [3.05, 3.63) is 47.5 Å². The van der Waals surface area contributed by atoms with Gasteiger partial charge in [-0.3, -0.25) is 9.69 Å². The van der Waals surface area contributed by atoms with Gasteiger partial charge in [-0.2, -0.15) is 0 Å². The summed E-state index contributed by atoms with van der Waals surface area (Å²) in [7, 11) is 3.58. The lowest BCUT2D eigenvalue weighted by atomic mass is 10.2. The Hall–Kier alpha value is -2.24. The van der Waals surface area contributed by atoms with Gasteiger partial charge in [-0.1, -0.05) is 30.7 Å². The second kappa shape index (κ2) is 13.5. The molecule has 1 heterocycles. The molecule has 37 heavy (non-hydrogen) atoms. The molecule has 0 spiro atoms. The molecule has 1 amide bonds. The number of nitrogens with zero attached hydrogens (tertiary/aromatic N) is 4. The molecule has 0 N–H and O–H groups in total. The fraction of sp³-hybridized carbons (Fsp3) is 0.462. The van der Waals surface area contributed by atoms with E-state index in [4.69, 9.17) is 9.72 Å². The van der Waals surface area contributed by atoms with E-state index in [2.05, 4.69) is 4.90 Å². The van der Waals surface area contributed by atoms with Crippen LogP contribution in [0.5, 0.6) is 5.75 Å². The van der Waals surface area contributed by atoms with E-state index in [1.807, 2.05) is 40.1 Å². The molecule has 11 heteroatoms. The Kier molecular flexibility index (Phi) is 11.3. The third-order valence-electron chi connectivity index (χ3n) is 6.01. The summed E-state index contributed by atoms with van der Waals surface area (Å²) in [5, 5.41) is 0.595. The number of sulfonamides is 1. The maximum Gasteiger partial charge on any atom is 0.260 e. The van der Waals surface area contributed by atoms with Crippen molar-refractivity contribution in [3.63, 3.8) is 0 Å². The predicted octanol–water partition coefficient (Wildman–Crippen LogP) is 5.05. The van der Waals surface area contributed by atoms with Crippen LogP contribution in [0.25, 0.3) is 10.2 Å². The molecule has 0 saturated heterocycles. The number of anilines is 1. The van der Waals surface area contributed by atoms with E-state index in [-0.39, 0.29) is 23.2 Å². The van der Waals surface area contributed by atoms with E-state index in [0.717, 1.165) is 41.6 Å². The summed E-state index contributed by atoms with van der Waals surface area (Å²) in [6, 6.07) is 10.1. The van der Waals surface area contributed by atoms with Gasteiger partial charge >= 0.3 is 0 Å². The molecule has 0 saturated carbocycles. The first kappa shape index (κ1) is 31.0. The number of thiazole rings is 1. The highest BCUT2D eigenvalue weighted by Crippen LogP contribution is 2.37. The molecular weight excluding hydrogens is 532 g/mol. The van der Waals surface area contributed by atoms with Gasteiger partial charge in [0.25, 0.3) is 5.91 Å². The number of fused-ring (bicyclic) bond motifs is 1. The molecule has 0 atom stereocenters. The van der Waals surface area contributed by atoms with E-state index in [0.29, 0.717) is 29.5 Å². The number of aryl methyl sites for hydroxylation is 1. The normalized spacial score (nSPS) is 11.7. The smallest absolute Gasteiger partial charge is 0.260 e. The zero-order valence-corrected chi connectivity index (χ0v) is 24.8. The van der Waals surface area contributed by atoms with E-state index in [1.165, 1.54) is 27.8 Å². The number of carbonyl (C=O) groups is 1. The second-order valence-corrected chi connectivity index (χ2v) is 12.1. The standard InChI is InChI=1S/C26H36N4O4S2.ClH/c1-7-8-17-29(5)36(32,33)21-13-11-20(12-14-21)25(31)30(18-9-16-28(3)4)26-27-23-22(34-6)15-10-19(2)24(23)35-26;/h10-15H,7-9,16-18H2,1-6H3;1H. The average Bonchev–Trinajstić information content (AvgIpc) is 3.31. The van der Waals surface area contributed by atoms with E-state index >= 15 is 0 Å². The van der Waals surface area contributed by atoms with Gasteiger partial charge in [-0.05, 0) is 76.3 Å². The summed E-state index contributed by atoms with van der Waals surface area (Å²) in [5.41, 5.74) is 2.22. The van der Waals surface area contributed by atoms with Crippen molar-refractivity contribution in [2.75, 3.05) is 52.8 Å². The number of carbonyl (C=O) groups excluding carboxylic acids is 1. The minimum Gasteiger partial charge on any atom is -0.494 e. The van der Waals surface area contributed by atoms with Crippen molar-refractivity contribution < 1.29 is 17.9 Å². The second-order valence-electron chi connectivity index (χ2n) is 9.08. The number of hydrogen-bond acceptors (Lipinski definition) is 7. The SMILES string of the molecule is CCCCN(C)S(=O)(=O)c1ccc(C(=O)N(CCCN(C)C)c2nc3c(OC)ccc(C)c3s2)cc1.Cl. The van der Waals surface area contributed by atoms with Gasteiger partial charge in [0.05, 0.1) is 16.7 Å². The molecule has 0 aliphatic carbocycles. The molecule has 1 aromatic heterocycles. The third-order valence-corrected chi connectivity index (χ3v) is 9.10. The third kappa shape index (κ3) is 7.20. The highest BCUT2D eigenvalue weighted by Gasteiger charge is 2.25. The van der Waals surface area contributed by atoms with E-state index in [1.54, 1.807) is 31.2 Å². The van der Waals surface area contributed by atoms with Crippen molar-refractivity contribution >= 4 is 55.0 Å². The largest absolute Gasteiger partial charge is 0.494 e. The quantitative estimate of drug-likeness (QED) is 0.304. The van der Waals surface area contributed by atoms with Crippen LogP contribution in [0, 0.1) is 6.92 Å². The van der Waals surface area contributed by atoms with Crippen LogP contribution in [0.2, 0.25) is 0 Å². The molecule has 0 radical (unpaired) electrons. The van der Waals surface area contributed by atoms with Crippen LogP contribution in [0.4, 0.5) is 5.13 Å². The van der Waals surface area contributed by atoms with Crippen molar-refractivity contribution in [1.29, 1.82) is 0 Å². The summed E-state index contributed by atoms with van der Waals surface area (Å²) in [5.74, 6) is 0.452. The van der Waals surface area contributed by atoms with Crippen molar-refractivity contribution in [3.8, 4) is 5.75 Å². The lowest BCUT2D eigenvalue weighted by Gasteiger charge is -2.21. The number of hydrogen-bond donors (Lipinski definition) is 0. The number of benzene rings is 2. The first-order chi connectivity index (χ1) is 17.1. The Bertz CT molecular complexity index is 1290. The molecule has 204 valence electrons. The minimum absolute atomic E-state index is 0. The Morgan fingerprint density at radius 1 is 1.00 bits per heavy atom. The van der Waals surface area contributed by atoms with Crippen LogP contribution < -0.4 is 9.64 Å². The Morgan fingerprint density at radius 2 is 1.68 bits per heavy atom. The first-order valence-corrected chi connectivity index (χ1v) is 14.3. The average molecular weight is 569 g/mol. The number of halogens is 1. The minimum atomic E-state index is -3.60. The molecule has 2 aromatic carbocycles. The maximum atomic E-state index is 13.7. The highest BCUT2D eigenvalue weighted by atomic mass is 35.5. The van der Waals surface area contributed by atoms with E-state index in [9.17, 15) is 13.2 Å². The monoisotopic (exact) mass is 568 g/mol. The summed E-state index contributed by atoms with van der Waals surface area (Å²) < 4.78 is 33.6. The fourth-order valence-corrected chi connectivity index (χ4v) is 6.10. The Labute approximate surface area is 230 Å². The van der Waals surface area contributed by atoms with Crippen LogP contribution in [0.3, 0.4) is 0 Å².